The molecule has 1 amide bonds. The molecule has 8 nitrogen and oxygen atoms in total. The van der Waals surface area contributed by atoms with Crippen molar-refractivity contribution in [2.75, 3.05) is 32.9 Å². The Balaban J connectivity index is 1.84. The lowest BCUT2D eigenvalue weighted by Gasteiger charge is -2.24. The third-order valence-electron chi connectivity index (χ3n) is 6.08. The SMILES string of the molecule is Cc1nn(C(C)(C)C(=O)NCCCN(C)C)cc1-c1cnc(N)c(OC(C)c2c(Cl)ccc(F)c2Cl)c1. The summed E-state index contributed by atoms with van der Waals surface area (Å²) in [6.07, 6.45) is 3.56. The highest BCUT2D eigenvalue weighted by atomic mass is 35.5. The Bertz CT molecular complexity index is 1280. The monoisotopic (exact) mass is 550 g/mol. The number of hydrogen-bond acceptors (Lipinski definition) is 6. The van der Waals surface area contributed by atoms with Crippen LogP contribution < -0.4 is 15.8 Å². The Morgan fingerprint density at radius 2 is 2.03 bits per heavy atom. The number of anilines is 1. The molecule has 0 aliphatic carbocycles. The minimum atomic E-state index is -0.916. The quantitative estimate of drug-likeness (QED) is 0.265. The van der Waals surface area contributed by atoms with E-state index in [9.17, 15) is 9.18 Å². The number of amides is 1. The standard InChI is InChI=1S/C26H33Cl2FN6O2/c1-15-18(14-35(33-15)26(3,4)25(36)31-10-7-11-34(5)6)17-12-21(24(30)32-13-17)37-16(2)22-19(27)8-9-20(29)23(22)28/h8-9,12-14,16H,7,10-11H2,1-6H3,(H2,30,32)(H,31,36). The second-order valence-electron chi connectivity index (χ2n) is 9.67. The molecular weight excluding hydrogens is 518 g/mol. The molecule has 2 heterocycles. The Kier molecular flexibility index (Phi) is 9.05. The van der Waals surface area contributed by atoms with Crippen molar-refractivity contribution < 1.29 is 13.9 Å². The summed E-state index contributed by atoms with van der Waals surface area (Å²) in [6, 6.07) is 4.35. The van der Waals surface area contributed by atoms with Crippen LogP contribution in [0.4, 0.5) is 10.2 Å². The lowest BCUT2D eigenvalue weighted by atomic mass is 10.0. The van der Waals surface area contributed by atoms with E-state index in [1.54, 1.807) is 30.1 Å². The maximum Gasteiger partial charge on any atom is 0.247 e. The van der Waals surface area contributed by atoms with Gasteiger partial charge >= 0.3 is 0 Å². The van der Waals surface area contributed by atoms with Gasteiger partial charge in [-0.1, -0.05) is 23.2 Å². The highest BCUT2D eigenvalue weighted by molar-refractivity contribution is 6.36. The highest BCUT2D eigenvalue weighted by Gasteiger charge is 2.31. The Labute approximate surface area is 226 Å². The minimum Gasteiger partial charge on any atom is -0.482 e. The van der Waals surface area contributed by atoms with Gasteiger partial charge in [-0.2, -0.15) is 5.10 Å². The van der Waals surface area contributed by atoms with E-state index in [0.29, 0.717) is 23.4 Å². The highest BCUT2D eigenvalue weighted by Crippen LogP contribution is 2.37. The lowest BCUT2D eigenvalue weighted by molar-refractivity contribution is -0.128. The Hall–Kier alpha value is -2.88. The van der Waals surface area contributed by atoms with E-state index in [0.717, 1.165) is 18.5 Å². The second kappa shape index (κ2) is 11.7. The van der Waals surface area contributed by atoms with Crippen LogP contribution in [0.2, 0.25) is 10.0 Å². The molecule has 3 N–H and O–H groups in total. The van der Waals surface area contributed by atoms with Gasteiger partial charge in [0, 0.05) is 40.7 Å². The fourth-order valence-corrected chi connectivity index (χ4v) is 4.49. The van der Waals surface area contributed by atoms with Gasteiger partial charge in [-0.05, 0) is 73.0 Å². The number of nitrogens with one attached hydrogen (secondary N) is 1. The molecule has 1 atom stereocenters. The number of hydrogen-bond donors (Lipinski definition) is 2. The largest absolute Gasteiger partial charge is 0.482 e. The van der Waals surface area contributed by atoms with Crippen molar-refractivity contribution in [3.63, 3.8) is 0 Å². The maximum absolute atomic E-state index is 14.0. The number of ether oxygens (including phenoxy) is 1. The molecule has 0 saturated carbocycles. The van der Waals surface area contributed by atoms with Crippen LogP contribution in [0.15, 0.2) is 30.6 Å². The number of nitrogens with two attached hydrogens (primary N) is 1. The molecular formula is C26H33Cl2FN6O2. The van der Waals surface area contributed by atoms with Gasteiger partial charge in [-0.25, -0.2) is 9.37 Å². The number of halogens is 3. The van der Waals surface area contributed by atoms with Gasteiger partial charge in [0.25, 0.3) is 0 Å². The van der Waals surface area contributed by atoms with Crippen molar-refractivity contribution in [3.05, 3.63) is 57.7 Å². The van der Waals surface area contributed by atoms with Crippen molar-refractivity contribution >= 4 is 34.9 Å². The number of aromatic nitrogens is 3. The summed E-state index contributed by atoms with van der Waals surface area (Å²) in [4.78, 5) is 19.3. The van der Waals surface area contributed by atoms with E-state index in [1.165, 1.54) is 12.1 Å². The third kappa shape index (κ3) is 6.52. The van der Waals surface area contributed by atoms with Crippen LogP contribution >= 0.6 is 23.2 Å². The van der Waals surface area contributed by atoms with E-state index < -0.39 is 17.5 Å². The first-order valence-electron chi connectivity index (χ1n) is 11.9. The van der Waals surface area contributed by atoms with Crippen molar-refractivity contribution in [1.82, 2.24) is 25.0 Å². The summed E-state index contributed by atoms with van der Waals surface area (Å²) in [5, 5.41) is 7.76. The molecule has 0 spiro atoms. The average Bonchev–Trinajstić information content (AvgIpc) is 3.23. The van der Waals surface area contributed by atoms with Crippen LogP contribution in [-0.4, -0.2) is 52.8 Å². The van der Waals surface area contributed by atoms with Crippen molar-refractivity contribution in [2.24, 2.45) is 0 Å². The zero-order chi connectivity index (χ0) is 27.5. The molecule has 0 fully saturated rings. The van der Waals surface area contributed by atoms with Crippen molar-refractivity contribution in [1.29, 1.82) is 0 Å². The molecule has 11 heteroatoms. The summed E-state index contributed by atoms with van der Waals surface area (Å²) in [7, 11) is 3.99. The van der Waals surface area contributed by atoms with Crippen LogP contribution in [0.5, 0.6) is 5.75 Å². The lowest BCUT2D eigenvalue weighted by Crippen LogP contribution is -2.45. The first-order valence-corrected chi connectivity index (χ1v) is 12.6. The van der Waals surface area contributed by atoms with E-state index in [-0.39, 0.29) is 27.5 Å². The molecule has 3 rings (SSSR count). The number of rotatable bonds is 10. The van der Waals surface area contributed by atoms with Crippen LogP contribution in [0.3, 0.4) is 0 Å². The maximum atomic E-state index is 14.0. The number of nitrogens with zero attached hydrogens (tertiary/aromatic N) is 4. The van der Waals surface area contributed by atoms with Gasteiger partial charge < -0.3 is 20.7 Å². The Morgan fingerprint density at radius 1 is 1.32 bits per heavy atom. The average molecular weight is 551 g/mol. The number of aryl methyl sites for hydroxylation is 1. The van der Waals surface area contributed by atoms with Gasteiger partial charge in [0.15, 0.2) is 11.6 Å². The molecule has 1 aromatic carbocycles. The van der Waals surface area contributed by atoms with E-state index >= 15 is 0 Å². The molecule has 0 bridgehead atoms. The molecule has 0 aliphatic heterocycles. The summed E-state index contributed by atoms with van der Waals surface area (Å²) in [6.45, 7) is 8.64. The van der Waals surface area contributed by atoms with Gasteiger partial charge in [0.1, 0.15) is 17.5 Å². The summed E-state index contributed by atoms with van der Waals surface area (Å²) in [5.41, 5.74) is 7.64. The summed E-state index contributed by atoms with van der Waals surface area (Å²) in [5.74, 6) is -0.283. The van der Waals surface area contributed by atoms with Crippen LogP contribution in [0.1, 0.15) is 44.6 Å². The van der Waals surface area contributed by atoms with E-state index in [1.807, 2.05) is 34.9 Å². The van der Waals surface area contributed by atoms with Crippen LogP contribution in [0, 0.1) is 12.7 Å². The predicted octanol–water partition coefficient (Wildman–Crippen LogP) is 5.22. The summed E-state index contributed by atoms with van der Waals surface area (Å²) >= 11 is 12.4. The second-order valence-corrected chi connectivity index (χ2v) is 10.5. The molecule has 200 valence electrons. The molecule has 0 radical (unpaired) electrons. The van der Waals surface area contributed by atoms with E-state index in [2.05, 4.69) is 20.3 Å². The van der Waals surface area contributed by atoms with Crippen LogP contribution in [-0.2, 0) is 10.3 Å². The fourth-order valence-electron chi connectivity index (χ4n) is 3.81. The predicted molar refractivity (Wildman–Crippen MR) is 146 cm³/mol. The van der Waals surface area contributed by atoms with Gasteiger partial charge in [-0.3, -0.25) is 9.48 Å². The number of carbonyl (C=O) groups is 1. The first-order chi connectivity index (χ1) is 17.3. The van der Waals surface area contributed by atoms with Gasteiger partial charge in [-0.15, -0.1) is 0 Å². The molecule has 37 heavy (non-hydrogen) atoms. The van der Waals surface area contributed by atoms with Crippen LogP contribution in [0.25, 0.3) is 11.1 Å². The molecule has 0 aliphatic rings. The number of nitrogen functional groups attached to an aromatic ring is 1. The Morgan fingerprint density at radius 3 is 2.70 bits per heavy atom. The van der Waals surface area contributed by atoms with Gasteiger partial charge in [0.05, 0.1) is 10.7 Å². The van der Waals surface area contributed by atoms with Gasteiger partial charge in [0.2, 0.25) is 5.91 Å². The molecule has 2 aromatic heterocycles. The van der Waals surface area contributed by atoms with Crippen molar-refractivity contribution in [3.8, 4) is 16.9 Å². The zero-order valence-electron chi connectivity index (χ0n) is 21.9. The first kappa shape index (κ1) is 28.7. The zero-order valence-corrected chi connectivity index (χ0v) is 23.4. The smallest absolute Gasteiger partial charge is 0.247 e. The summed E-state index contributed by atoms with van der Waals surface area (Å²) < 4.78 is 21.7. The molecule has 3 aromatic rings. The minimum absolute atomic E-state index is 0.109. The number of pyridine rings is 1. The van der Waals surface area contributed by atoms with E-state index in [4.69, 9.17) is 33.7 Å². The fraction of sp³-hybridized carbons (Fsp3) is 0.423. The third-order valence-corrected chi connectivity index (χ3v) is 6.79. The molecule has 1 unspecified atom stereocenters. The molecule has 0 saturated heterocycles. The number of benzene rings is 1. The number of carbonyl (C=O) groups excluding carboxylic acids is 1. The topological polar surface area (TPSA) is 98.3 Å². The normalized spacial score (nSPS) is 12.6. The van der Waals surface area contributed by atoms with Crippen molar-refractivity contribution in [2.45, 2.75) is 45.8 Å².